The maximum Gasteiger partial charge on any atom is 0.422 e. The normalized spacial score (nSPS) is 11.9. The van der Waals surface area contributed by atoms with Crippen LogP contribution < -0.4 is 15.4 Å². The summed E-state index contributed by atoms with van der Waals surface area (Å²) in [4.78, 5) is 5.74. The molecule has 0 radical (unpaired) electrons. The number of para-hydroxylation sites is 1. The summed E-state index contributed by atoms with van der Waals surface area (Å²) in [6.45, 7) is 0.506. The van der Waals surface area contributed by atoms with Crippen molar-refractivity contribution in [2.24, 2.45) is 5.73 Å². The second-order valence-corrected chi connectivity index (χ2v) is 8.38. The molecule has 2 aromatic heterocycles. The minimum atomic E-state index is -4.79. The highest BCUT2D eigenvalue weighted by Gasteiger charge is 2.39. The Labute approximate surface area is 217 Å². The molecule has 0 spiro atoms. The third-order valence-corrected chi connectivity index (χ3v) is 5.66. The number of benzene rings is 2. The largest absolute Gasteiger partial charge is 0.457 e. The molecular formula is C28H25F4N5O. The second-order valence-electron chi connectivity index (χ2n) is 8.38. The first kappa shape index (κ1) is 26.7. The molecule has 0 amide bonds. The van der Waals surface area contributed by atoms with Crippen molar-refractivity contribution in [2.75, 3.05) is 25.0 Å². The van der Waals surface area contributed by atoms with E-state index < -0.39 is 17.6 Å². The van der Waals surface area contributed by atoms with E-state index in [9.17, 15) is 13.2 Å². The van der Waals surface area contributed by atoms with Gasteiger partial charge in [-0.2, -0.15) is 23.4 Å². The number of ether oxygens (including phenoxy) is 1. The van der Waals surface area contributed by atoms with Crippen LogP contribution >= 0.6 is 0 Å². The maximum atomic E-state index is 15.5. The van der Waals surface area contributed by atoms with Crippen LogP contribution in [0.3, 0.4) is 0 Å². The zero-order chi connectivity index (χ0) is 27.1. The van der Waals surface area contributed by atoms with Gasteiger partial charge in [0.05, 0.1) is 29.5 Å². The average Bonchev–Trinajstić information content (AvgIpc) is 2.92. The molecule has 0 atom stereocenters. The molecule has 4 rings (SSSR count). The zero-order valence-corrected chi connectivity index (χ0v) is 20.5. The van der Waals surface area contributed by atoms with Crippen LogP contribution in [0.4, 0.5) is 23.2 Å². The van der Waals surface area contributed by atoms with Gasteiger partial charge in [-0.25, -0.2) is 9.37 Å². The molecule has 38 heavy (non-hydrogen) atoms. The van der Waals surface area contributed by atoms with Gasteiger partial charge < -0.3 is 15.4 Å². The van der Waals surface area contributed by atoms with E-state index in [4.69, 9.17) is 10.5 Å². The summed E-state index contributed by atoms with van der Waals surface area (Å²) < 4.78 is 64.7. The number of nitrogens with zero attached hydrogens (tertiary/aromatic N) is 4. The van der Waals surface area contributed by atoms with Gasteiger partial charge in [-0.05, 0) is 61.5 Å². The number of rotatable bonds is 9. The number of aromatic nitrogens is 3. The van der Waals surface area contributed by atoms with Crippen LogP contribution in [-0.2, 0) is 6.18 Å². The average molecular weight is 524 g/mol. The zero-order valence-electron chi connectivity index (χ0n) is 20.5. The van der Waals surface area contributed by atoms with Crippen LogP contribution in [0, 0.1) is 0 Å². The van der Waals surface area contributed by atoms with Gasteiger partial charge in [-0.1, -0.05) is 24.3 Å². The van der Waals surface area contributed by atoms with Gasteiger partial charge in [-0.3, -0.25) is 0 Å². The molecule has 2 heterocycles. The van der Waals surface area contributed by atoms with Crippen molar-refractivity contribution in [3.63, 3.8) is 0 Å². The first-order valence-electron chi connectivity index (χ1n) is 11.8. The Morgan fingerprint density at radius 2 is 1.79 bits per heavy atom. The van der Waals surface area contributed by atoms with Gasteiger partial charge in [0.1, 0.15) is 22.9 Å². The second kappa shape index (κ2) is 11.8. The summed E-state index contributed by atoms with van der Waals surface area (Å²) in [6.07, 6.45) is -0.334. The molecule has 10 heteroatoms. The molecule has 196 valence electrons. The first-order valence-corrected chi connectivity index (χ1v) is 11.8. The summed E-state index contributed by atoms with van der Waals surface area (Å²) >= 11 is 0. The van der Waals surface area contributed by atoms with E-state index in [-0.39, 0.29) is 41.5 Å². The van der Waals surface area contributed by atoms with E-state index in [1.807, 2.05) is 0 Å². The predicted octanol–water partition coefficient (Wildman–Crippen LogP) is 6.60. The van der Waals surface area contributed by atoms with Crippen molar-refractivity contribution < 1.29 is 22.3 Å². The van der Waals surface area contributed by atoms with Crippen LogP contribution in [0.1, 0.15) is 23.2 Å². The number of hydrogen-bond donors (Lipinski definition) is 1. The van der Waals surface area contributed by atoms with E-state index in [1.165, 1.54) is 42.5 Å². The lowest BCUT2D eigenvalue weighted by atomic mass is 10.0. The number of hydrogen-bond acceptors (Lipinski definition) is 6. The summed E-state index contributed by atoms with van der Waals surface area (Å²) in [7, 11) is 1.51. The smallest absolute Gasteiger partial charge is 0.422 e. The van der Waals surface area contributed by atoms with Gasteiger partial charge in [0.2, 0.25) is 0 Å². The van der Waals surface area contributed by atoms with Crippen LogP contribution in [0.15, 0.2) is 79.1 Å². The molecule has 0 aliphatic rings. The van der Waals surface area contributed by atoms with E-state index in [0.29, 0.717) is 17.7 Å². The summed E-state index contributed by atoms with van der Waals surface area (Å²) in [6, 6.07) is 17.2. The SMILES string of the molecule is CN(CCCN)c1c(/C=C(\F)c2cccc(-c3ccnnc3)n2)ccc(Oc2ccccc2)c1C(F)(F)F. The minimum absolute atomic E-state index is 0.0209. The van der Waals surface area contributed by atoms with Crippen LogP contribution in [0.25, 0.3) is 23.2 Å². The lowest BCUT2D eigenvalue weighted by molar-refractivity contribution is -0.138. The third kappa shape index (κ3) is 6.33. The monoisotopic (exact) mass is 523 g/mol. The Kier molecular flexibility index (Phi) is 8.32. The highest BCUT2D eigenvalue weighted by molar-refractivity contribution is 5.84. The van der Waals surface area contributed by atoms with Gasteiger partial charge in [0.25, 0.3) is 0 Å². The molecule has 6 nitrogen and oxygen atoms in total. The number of alkyl halides is 3. The number of nitrogens with two attached hydrogens (primary N) is 1. The van der Waals surface area contributed by atoms with E-state index in [0.717, 1.165) is 6.08 Å². The van der Waals surface area contributed by atoms with Crippen molar-refractivity contribution in [1.82, 2.24) is 15.2 Å². The number of pyridine rings is 1. The Morgan fingerprint density at radius 1 is 1.00 bits per heavy atom. The Bertz CT molecular complexity index is 1400. The van der Waals surface area contributed by atoms with Gasteiger partial charge in [-0.15, -0.1) is 0 Å². The third-order valence-electron chi connectivity index (χ3n) is 5.66. The highest BCUT2D eigenvalue weighted by atomic mass is 19.4. The Hall–Kier alpha value is -4.31. The summed E-state index contributed by atoms with van der Waals surface area (Å²) in [5.41, 5.74) is 5.44. The highest BCUT2D eigenvalue weighted by Crippen LogP contribution is 2.46. The fourth-order valence-corrected chi connectivity index (χ4v) is 3.91. The number of halogens is 4. The van der Waals surface area contributed by atoms with Crippen molar-refractivity contribution in [2.45, 2.75) is 12.6 Å². The van der Waals surface area contributed by atoms with Crippen molar-refractivity contribution in [3.05, 3.63) is 95.9 Å². The minimum Gasteiger partial charge on any atom is -0.457 e. The molecule has 2 N–H and O–H groups in total. The van der Waals surface area contributed by atoms with E-state index in [1.54, 1.807) is 48.5 Å². The molecule has 0 aliphatic heterocycles. The first-order chi connectivity index (χ1) is 18.3. The molecule has 0 unspecified atom stereocenters. The molecule has 0 saturated carbocycles. The quantitative estimate of drug-likeness (QED) is 0.249. The molecule has 0 bridgehead atoms. The van der Waals surface area contributed by atoms with Crippen molar-refractivity contribution in [1.29, 1.82) is 0 Å². The lowest BCUT2D eigenvalue weighted by Gasteiger charge is -2.27. The summed E-state index contributed by atoms with van der Waals surface area (Å²) in [5, 5.41) is 7.51. The Balaban J connectivity index is 1.83. The molecule has 0 aliphatic carbocycles. The lowest BCUT2D eigenvalue weighted by Crippen LogP contribution is -2.25. The fraction of sp³-hybridized carbons (Fsp3) is 0.179. The predicted molar refractivity (Wildman–Crippen MR) is 139 cm³/mol. The molecule has 2 aromatic carbocycles. The number of anilines is 1. The molecular weight excluding hydrogens is 498 g/mol. The topological polar surface area (TPSA) is 77.2 Å². The van der Waals surface area contributed by atoms with Crippen LogP contribution in [0.2, 0.25) is 0 Å². The standard InChI is InChI=1S/C28H25F4N5O/c1-37(16-6-14-33)27-19(11-12-25(26(27)28(30,31)32)38-21-7-3-2-4-8-21)17-22(29)24-10-5-9-23(36-24)20-13-15-34-35-18-20/h2-5,7-13,15,17-18H,6,14,16,33H2,1H3/b22-17-. The maximum absolute atomic E-state index is 15.5. The van der Waals surface area contributed by atoms with Crippen LogP contribution in [-0.4, -0.2) is 35.3 Å². The molecule has 4 aromatic rings. The van der Waals surface area contributed by atoms with Crippen molar-refractivity contribution >= 4 is 17.6 Å². The van der Waals surface area contributed by atoms with Gasteiger partial charge in [0.15, 0.2) is 0 Å². The fourth-order valence-electron chi connectivity index (χ4n) is 3.91. The van der Waals surface area contributed by atoms with Gasteiger partial charge in [0, 0.05) is 24.7 Å². The molecule has 0 saturated heterocycles. The van der Waals surface area contributed by atoms with Crippen LogP contribution in [0.5, 0.6) is 11.5 Å². The van der Waals surface area contributed by atoms with Crippen molar-refractivity contribution in [3.8, 4) is 22.8 Å². The summed E-state index contributed by atoms with van der Waals surface area (Å²) in [5.74, 6) is -0.942. The Morgan fingerprint density at radius 3 is 2.47 bits per heavy atom. The van der Waals surface area contributed by atoms with Gasteiger partial charge >= 0.3 is 6.18 Å². The van der Waals surface area contributed by atoms with E-state index >= 15 is 4.39 Å². The molecule has 0 fully saturated rings. The van der Waals surface area contributed by atoms with E-state index in [2.05, 4.69) is 15.2 Å².